The number of hydrogen-bond donors (Lipinski definition) is 3. The van der Waals surface area contributed by atoms with Crippen molar-refractivity contribution in [1.29, 1.82) is 0 Å². The quantitative estimate of drug-likeness (QED) is 0.690. The van der Waals surface area contributed by atoms with Crippen LogP contribution in [0, 0.1) is 5.41 Å². The SMILES string of the molecule is CCNc1cncc(NCC(C)(C)CO)c1. The van der Waals surface area contributed by atoms with Gasteiger partial charge in [0.1, 0.15) is 0 Å². The van der Waals surface area contributed by atoms with Gasteiger partial charge in [-0.1, -0.05) is 13.8 Å². The van der Waals surface area contributed by atoms with Crippen LogP contribution in [0.25, 0.3) is 0 Å². The molecule has 1 heterocycles. The van der Waals surface area contributed by atoms with Crippen LogP contribution in [0.5, 0.6) is 0 Å². The van der Waals surface area contributed by atoms with Gasteiger partial charge in [-0.05, 0) is 13.0 Å². The summed E-state index contributed by atoms with van der Waals surface area (Å²) >= 11 is 0. The van der Waals surface area contributed by atoms with Gasteiger partial charge in [-0.3, -0.25) is 4.98 Å². The molecule has 0 spiro atoms. The molecule has 0 aromatic carbocycles. The van der Waals surface area contributed by atoms with E-state index in [0.717, 1.165) is 24.5 Å². The second kappa shape index (κ2) is 5.70. The summed E-state index contributed by atoms with van der Waals surface area (Å²) in [4.78, 5) is 4.14. The lowest BCUT2D eigenvalue weighted by Gasteiger charge is -2.22. The molecule has 0 fully saturated rings. The highest BCUT2D eigenvalue weighted by Gasteiger charge is 2.15. The molecule has 90 valence electrons. The maximum Gasteiger partial charge on any atom is 0.0547 e. The molecule has 0 unspecified atom stereocenters. The van der Waals surface area contributed by atoms with Crippen molar-refractivity contribution in [2.75, 3.05) is 30.3 Å². The topological polar surface area (TPSA) is 57.2 Å². The standard InChI is InChI=1S/C12H21N3O/c1-4-14-10-5-11(7-13-6-10)15-8-12(2,3)9-16/h5-7,14-16H,4,8-9H2,1-3H3. The second-order valence-electron chi connectivity index (χ2n) is 4.67. The normalized spacial score (nSPS) is 11.2. The first-order valence-electron chi connectivity index (χ1n) is 5.61. The molecule has 0 aliphatic rings. The van der Waals surface area contributed by atoms with E-state index in [1.54, 1.807) is 12.4 Å². The van der Waals surface area contributed by atoms with E-state index in [2.05, 4.69) is 22.5 Å². The highest BCUT2D eigenvalue weighted by molar-refractivity contribution is 5.53. The van der Waals surface area contributed by atoms with Crippen molar-refractivity contribution in [2.24, 2.45) is 5.41 Å². The van der Waals surface area contributed by atoms with Crippen molar-refractivity contribution in [1.82, 2.24) is 4.98 Å². The molecule has 0 aliphatic heterocycles. The molecule has 0 radical (unpaired) electrons. The average molecular weight is 223 g/mol. The highest BCUT2D eigenvalue weighted by Crippen LogP contribution is 2.17. The van der Waals surface area contributed by atoms with Crippen molar-refractivity contribution >= 4 is 11.4 Å². The molecule has 1 aromatic heterocycles. The second-order valence-corrected chi connectivity index (χ2v) is 4.67. The van der Waals surface area contributed by atoms with E-state index in [9.17, 15) is 0 Å². The van der Waals surface area contributed by atoms with Crippen molar-refractivity contribution in [3.8, 4) is 0 Å². The first kappa shape index (κ1) is 12.8. The van der Waals surface area contributed by atoms with Crippen molar-refractivity contribution in [2.45, 2.75) is 20.8 Å². The van der Waals surface area contributed by atoms with Gasteiger partial charge in [0.15, 0.2) is 0 Å². The minimum absolute atomic E-state index is 0.117. The Morgan fingerprint density at radius 2 is 1.88 bits per heavy atom. The Bertz CT molecular complexity index is 326. The number of aliphatic hydroxyl groups is 1. The lowest BCUT2D eigenvalue weighted by molar-refractivity contribution is 0.171. The maximum absolute atomic E-state index is 9.14. The Hall–Kier alpha value is -1.29. The third kappa shape index (κ3) is 4.06. The molecule has 4 heteroatoms. The summed E-state index contributed by atoms with van der Waals surface area (Å²) in [5, 5.41) is 15.6. The van der Waals surface area contributed by atoms with Crippen LogP contribution in [-0.2, 0) is 0 Å². The third-order valence-electron chi connectivity index (χ3n) is 2.32. The Morgan fingerprint density at radius 3 is 2.44 bits per heavy atom. The lowest BCUT2D eigenvalue weighted by atomic mass is 9.95. The first-order chi connectivity index (χ1) is 7.57. The summed E-state index contributed by atoms with van der Waals surface area (Å²) in [5.74, 6) is 0. The number of aliphatic hydroxyl groups excluding tert-OH is 1. The summed E-state index contributed by atoms with van der Waals surface area (Å²) in [7, 11) is 0. The Morgan fingerprint density at radius 1 is 1.25 bits per heavy atom. The molecular weight excluding hydrogens is 202 g/mol. The van der Waals surface area contributed by atoms with Crippen LogP contribution in [0.4, 0.5) is 11.4 Å². The van der Waals surface area contributed by atoms with Crippen molar-refractivity contribution in [3.05, 3.63) is 18.5 Å². The van der Waals surface area contributed by atoms with Crippen LogP contribution in [0.3, 0.4) is 0 Å². The van der Waals surface area contributed by atoms with Gasteiger partial charge in [0.25, 0.3) is 0 Å². The van der Waals surface area contributed by atoms with Gasteiger partial charge in [0.2, 0.25) is 0 Å². The molecule has 16 heavy (non-hydrogen) atoms. The number of aromatic nitrogens is 1. The van der Waals surface area contributed by atoms with Gasteiger partial charge < -0.3 is 15.7 Å². The summed E-state index contributed by atoms with van der Waals surface area (Å²) in [6.07, 6.45) is 3.58. The monoisotopic (exact) mass is 223 g/mol. The third-order valence-corrected chi connectivity index (χ3v) is 2.32. The van der Waals surface area contributed by atoms with E-state index in [0.29, 0.717) is 0 Å². The first-order valence-corrected chi connectivity index (χ1v) is 5.61. The van der Waals surface area contributed by atoms with E-state index in [-0.39, 0.29) is 12.0 Å². The summed E-state index contributed by atoms with van der Waals surface area (Å²) < 4.78 is 0. The number of nitrogens with one attached hydrogen (secondary N) is 2. The van der Waals surface area contributed by atoms with Gasteiger partial charge in [-0.2, -0.15) is 0 Å². The fourth-order valence-corrected chi connectivity index (χ4v) is 1.23. The lowest BCUT2D eigenvalue weighted by Crippen LogP contribution is -2.26. The molecule has 0 bridgehead atoms. The van der Waals surface area contributed by atoms with E-state index >= 15 is 0 Å². The highest BCUT2D eigenvalue weighted by atomic mass is 16.3. The zero-order valence-corrected chi connectivity index (χ0v) is 10.2. The van der Waals surface area contributed by atoms with Crippen LogP contribution >= 0.6 is 0 Å². The molecule has 0 saturated carbocycles. The minimum atomic E-state index is -0.117. The number of pyridine rings is 1. The molecule has 0 atom stereocenters. The van der Waals surface area contributed by atoms with Gasteiger partial charge in [0, 0.05) is 25.1 Å². The Kier molecular flexibility index (Phi) is 4.55. The number of rotatable bonds is 6. The maximum atomic E-state index is 9.14. The average Bonchev–Trinajstić information content (AvgIpc) is 2.28. The van der Waals surface area contributed by atoms with E-state index in [1.807, 2.05) is 19.9 Å². The smallest absolute Gasteiger partial charge is 0.0547 e. The molecule has 0 saturated heterocycles. The predicted octanol–water partition coefficient (Wildman–Crippen LogP) is 1.94. The van der Waals surface area contributed by atoms with Gasteiger partial charge in [-0.15, -0.1) is 0 Å². The molecule has 4 nitrogen and oxygen atoms in total. The molecule has 0 aliphatic carbocycles. The van der Waals surface area contributed by atoms with E-state index in [4.69, 9.17) is 5.11 Å². The summed E-state index contributed by atoms with van der Waals surface area (Å²) in [6.45, 7) is 7.85. The number of anilines is 2. The Labute approximate surface area is 97.1 Å². The molecule has 1 aromatic rings. The fourth-order valence-electron chi connectivity index (χ4n) is 1.23. The van der Waals surface area contributed by atoms with Crippen LogP contribution < -0.4 is 10.6 Å². The molecule has 1 rings (SSSR count). The minimum Gasteiger partial charge on any atom is -0.396 e. The molecule has 3 N–H and O–H groups in total. The number of nitrogens with zero attached hydrogens (tertiary/aromatic N) is 1. The van der Waals surface area contributed by atoms with Crippen LogP contribution in [0.2, 0.25) is 0 Å². The van der Waals surface area contributed by atoms with Crippen molar-refractivity contribution in [3.63, 3.8) is 0 Å². The van der Waals surface area contributed by atoms with Crippen LogP contribution in [0.1, 0.15) is 20.8 Å². The predicted molar refractivity (Wildman–Crippen MR) is 67.8 cm³/mol. The zero-order valence-electron chi connectivity index (χ0n) is 10.2. The zero-order chi connectivity index (χ0) is 12.0. The Balaban J connectivity index is 2.57. The van der Waals surface area contributed by atoms with Gasteiger partial charge >= 0.3 is 0 Å². The van der Waals surface area contributed by atoms with Gasteiger partial charge in [0.05, 0.1) is 23.8 Å². The van der Waals surface area contributed by atoms with Crippen LogP contribution in [0.15, 0.2) is 18.5 Å². The van der Waals surface area contributed by atoms with Gasteiger partial charge in [-0.25, -0.2) is 0 Å². The van der Waals surface area contributed by atoms with E-state index < -0.39 is 0 Å². The fraction of sp³-hybridized carbons (Fsp3) is 0.583. The summed E-state index contributed by atoms with van der Waals surface area (Å²) in [5.41, 5.74) is 1.86. The van der Waals surface area contributed by atoms with Crippen molar-refractivity contribution < 1.29 is 5.11 Å². The van der Waals surface area contributed by atoms with Crippen LogP contribution in [-0.4, -0.2) is 29.8 Å². The molecule has 0 amide bonds. The largest absolute Gasteiger partial charge is 0.396 e. The van der Waals surface area contributed by atoms with E-state index in [1.165, 1.54) is 0 Å². The summed E-state index contributed by atoms with van der Waals surface area (Å²) in [6, 6.07) is 2.02. The number of hydrogen-bond acceptors (Lipinski definition) is 4. The molecular formula is C12H21N3O.